The summed E-state index contributed by atoms with van der Waals surface area (Å²) in [7, 11) is 0. The largest absolute Gasteiger partial charge is 0.370 e. The van der Waals surface area contributed by atoms with Crippen LogP contribution < -0.4 is 11.5 Å². The van der Waals surface area contributed by atoms with Crippen molar-refractivity contribution in [2.24, 2.45) is 16.5 Å². The summed E-state index contributed by atoms with van der Waals surface area (Å²) < 4.78 is 0. The van der Waals surface area contributed by atoms with Gasteiger partial charge in [-0.1, -0.05) is 76.3 Å². The highest BCUT2D eigenvalue weighted by Crippen LogP contribution is 2.16. The molecule has 0 atom stereocenters. The second-order valence-corrected chi connectivity index (χ2v) is 7.10. The van der Waals surface area contributed by atoms with E-state index in [1.807, 2.05) is 0 Å². The van der Waals surface area contributed by atoms with Gasteiger partial charge in [0.25, 0.3) is 0 Å². The molecule has 0 unspecified atom stereocenters. The van der Waals surface area contributed by atoms with Crippen molar-refractivity contribution in [2.75, 3.05) is 6.54 Å². The van der Waals surface area contributed by atoms with Gasteiger partial charge in [0.15, 0.2) is 5.96 Å². The zero-order chi connectivity index (χ0) is 19.2. The Morgan fingerprint density at radius 2 is 1.42 bits per heavy atom. The van der Waals surface area contributed by atoms with Crippen molar-refractivity contribution < 1.29 is 0 Å². The molecule has 0 aliphatic rings. The molecule has 0 radical (unpaired) electrons. The van der Waals surface area contributed by atoms with Gasteiger partial charge in [-0.3, -0.25) is 10.3 Å². The van der Waals surface area contributed by atoms with E-state index in [4.69, 9.17) is 28.5 Å². The van der Waals surface area contributed by atoms with Crippen LogP contribution in [0.3, 0.4) is 0 Å². The van der Waals surface area contributed by atoms with Gasteiger partial charge in [-0.25, -0.2) is 4.99 Å². The average Bonchev–Trinajstić information content (AvgIpc) is 2.61. The molecule has 5 nitrogen and oxygen atoms in total. The summed E-state index contributed by atoms with van der Waals surface area (Å²) in [5.41, 5.74) is 12.4. The predicted octanol–water partition coefficient (Wildman–Crippen LogP) is 5.40. The highest BCUT2D eigenvalue weighted by molar-refractivity contribution is 6.30. The summed E-state index contributed by atoms with van der Waals surface area (Å²) in [6, 6.07) is 7.09. The van der Waals surface area contributed by atoms with E-state index in [1.165, 1.54) is 51.4 Å². The lowest BCUT2D eigenvalue weighted by Crippen LogP contribution is -2.45. The van der Waals surface area contributed by atoms with Crippen molar-refractivity contribution in [1.82, 2.24) is 4.90 Å². The van der Waals surface area contributed by atoms with Gasteiger partial charge in [0.1, 0.15) is 0 Å². The van der Waals surface area contributed by atoms with Crippen LogP contribution in [0.2, 0.25) is 5.02 Å². The first-order valence-electron chi connectivity index (χ1n) is 9.76. The number of benzene rings is 1. The molecule has 1 aromatic carbocycles. The fourth-order valence-corrected chi connectivity index (χ4v) is 2.95. The van der Waals surface area contributed by atoms with E-state index in [9.17, 15) is 0 Å². The van der Waals surface area contributed by atoms with Crippen LogP contribution in [0.5, 0.6) is 0 Å². The van der Waals surface area contributed by atoms with Crippen LogP contribution in [0.4, 0.5) is 5.69 Å². The van der Waals surface area contributed by atoms with Crippen molar-refractivity contribution in [3.63, 3.8) is 0 Å². The molecule has 5 N–H and O–H groups in total. The monoisotopic (exact) mass is 379 g/mol. The van der Waals surface area contributed by atoms with E-state index in [0.717, 1.165) is 12.8 Å². The van der Waals surface area contributed by atoms with E-state index < -0.39 is 0 Å². The quantitative estimate of drug-likeness (QED) is 0.258. The van der Waals surface area contributed by atoms with E-state index in [-0.39, 0.29) is 11.9 Å². The Kier molecular flexibility index (Phi) is 11.5. The fraction of sp³-hybridized carbons (Fsp3) is 0.600. The third-order valence-corrected chi connectivity index (χ3v) is 4.62. The molecule has 0 saturated carbocycles. The number of guanidine groups is 2. The molecule has 0 heterocycles. The van der Waals surface area contributed by atoms with Gasteiger partial charge in [-0.05, 0) is 30.7 Å². The lowest BCUT2D eigenvalue weighted by molar-refractivity contribution is 0.511. The molecule has 0 aliphatic carbocycles. The molecule has 0 bridgehead atoms. The summed E-state index contributed by atoms with van der Waals surface area (Å²) in [5.74, 6) is 0.173. The summed E-state index contributed by atoms with van der Waals surface area (Å²) >= 11 is 5.87. The first-order chi connectivity index (χ1) is 12.5. The maximum absolute atomic E-state index is 7.73. The Hall–Kier alpha value is -1.75. The smallest absolute Gasteiger partial charge is 0.203 e. The average molecular weight is 380 g/mol. The molecule has 0 spiro atoms. The zero-order valence-corrected chi connectivity index (χ0v) is 16.8. The van der Waals surface area contributed by atoms with Crippen LogP contribution in [0.1, 0.15) is 71.1 Å². The van der Waals surface area contributed by atoms with E-state index in [2.05, 4.69) is 11.9 Å². The minimum absolute atomic E-state index is 0.0730. The van der Waals surface area contributed by atoms with Crippen LogP contribution >= 0.6 is 11.6 Å². The Morgan fingerprint density at radius 1 is 0.923 bits per heavy atom. The number of rotatable bonds is 12. The molecule has 0 aromatic heterocycles. The fourth-order valence-electron chi connectivity index (χ4n) is 2.82. The van der Waals surface area contributed by atoms with Gasteiger partial charge in [-0.2, -0.15) is 0 Å². The maximum Gasteiger partial charge on any atom is 0.203 e. The van der Waals surface area contributed by atoms with E-state index in [1.54, 1.807) is 29.2 Å². The number of aliphatic imine (C=N–C) groups is 1. The molecule has 26 heavy (non-hydrogen) atoms. The SMILES string of the molecule is CCCCCCCCCCCCN(C(=N)N)C(N)=Nc1ccc(Cl)cc1. The van der Waals surface area contributed by atoms with Gasteiger partial charge < -0.3 is 11.5 Å². The molecule has 1 rings (SSSR count). The normalized spacial score (nSPS) is 11.5. The molecule has 146 valence electrons. The van der Waals surface area contributed by atoms with E-state index in [0.29, 0.717) is 17.3 Å². The first-order valence-corrected chi connectivity index (χ1v) is 10.1. The van der Waals surface area contributed by atoms with Crippen LogP contribution in [0.15, 0.2) is 29.3 Å². The van der Waals surface area contributed by atoms with Crippen LogP contribution in [-0.2, 0) is 0 Å². The van der Waals surface area contributed by atoms with Gasteiger partial charge in [0.2, 0.25) is 5.96 Å². The topological polar surface area (TPSA) is 91.5 Å². The number of nitrogens with zero attached hydrogens (tertiary/aromatic N) is 2. The molecule has 0 amide bonds. The Labute approximate surface area is 163 Å². The number of halogens is 1. The van der Waals surface area contributed by atoms with Crippen molar-refractivity contribution in [3.8, 4) is 0 Å². The number of hydrogen-bond acceptors (Lipinski definition) is 2. The van der Waals surface area contributed by atoms with Crippen LogP contribution in [0, 0.1) is 5.41 Å². The number of nitrogens with two attached hydrogens (primary N) is 2. The molecule has 6 heteroatoms. The summed E-state index contributed by atoms with van der Waals surface area (Å²) in [6.45, 7) is 2.87. The summed E-state index contributed by atoms with van der Waals surface area (Å²) in [5, 5.41) is 8.38. The van der Waals surface area contributed by atoms with Crippen molar-refractivity contribution in [1.29, 1.82) is 5.41 Å². The van der Waals surface area contributed by atoms with Crippen molar-refractivity contribution >= 4 is 29.2 Å². The number of nitrogens with one attached hydrogen (secondary N) is 1. The van der Waals surface area contributed by atoms with E-state index >= 15 is 0 Å². The van der Waals surface area contributed by atoms with Crippen LogP contribution in [-0.4, -0.2) is 23.4 Å². The molecule has 0 fully saturated rings. The minimum Gasteiger partial charge on any atom is -0.370 e. The third kappa shape index (κ3) is 9.66. The Morgan fingerprint density at radius 3 is 1.92 bits per heavy atom. The van der Waals surface area contributed by atoms with Crippen molar-refractivity contribution in [2.45, 2.75) is 71.1 Å². The van der Waals surface area contributed by atoms with Crippen molar-refractivity contribution in [3.05, 3.63) is 29.3 Å². The zero-order valence-electron chi connectivity index (χ0n) is 16.0. The van der Waals surface area contributed by atoms with Gasteiger partial charge in [0, 0.05) is 11.6 Å². The Bertz CT molecular complexity index is 542. The number of unbranched alkanes of at least 4 members (excludes halogenated alkanes) is 9. The highest BCUT2D eigenvalue weighted by atomic mass is 35.5. The first kappa shape index (κ1) is 22.3. The molecule has 0 aliphatic heterocycles. The van der Waals surface area contributed by atoms with Gasteiger partial charge >= 0.3 is 0 Å². The minimum atomic E-state index is -0.0730. The maximum atomic E-state index is 7.73. The molecule has 1 aromatic rings. The summed E-state index contributed by atoms with van der Waals surface area (Å²) in [6.07, 6.45) is 12.6. The third-order valence-electron chi connectivity index (χ3n) is 4.37. The van der Waals surface area contributed by atoms with Gasteiger partial charge in [0.05, 0.1) is 5.69 Å². The standard InChI is InChI=1S/C20H34ClN5/c1-2-3-4-5-6-7-8-9-10-11-16-26(19(22)23)20(24)25-18-14-12-17(21)13-15-18/h12-15H,2-11,16H2,1H3,(H3,22,23)(H2,24,25). The second-order valence-electron chi connectivity index (χ2n) is 6.67. The predicted molar refractivity (Wildman–Crippen MR) is 113 cm³/mol. The highest BCUT2D eigenvalue weighted by Gasteiger charge is 2.11. The lowest BCUT2D eigenvalue weighted by atomic mass is 10.1. The Balaban J connectivity index is 2.28. The molecule has 0 saturated heterocycles. The lowest BCUT2D eigenvalue weighted by Gasteiger charge is -2.21. The number of hydrogen-bond donors (Lipinski definition) is 3. The second kappa shape index (κ2) is 13.5. The molecular formula is C20H34ClN5. The summed E-state index contributed by atoms with van der Waals surface area (Å²) in [4.78, 5) is 5.88. The molecular weight excluding hydrogens is 346 g/mol. The van der Waals surface area contributed by atoms with Gasteiger partial charge in [-0.15, -0.1) is 0 Å². The van der Waals surface area contributed by atoms with Crippen LogP contribution in [0.25, 0.3) is 0 Å².